The Kier molecular flexibility index (Phi) is 150. The summed E-state index contributed by atoms with van der Waals surface area (Å²) in [7, 11) is 0. The molecule has 0 rings (SSSR count). The largest absolute Gasteiger partial charge is 2.00 e. The van der Waals surface area contributed by atoms with Gasteiger partial charge in [0.1, 0.15) is 0 Å². The number of allylic oxidation sites excluding steroid dienone is 12. The van der Waals surface area contributed by atoms with Gasteiger partial charge in [0.05, 0.1) is 0 Å². The van der Waals surface area contributed by atoms with Gasteiger partial charge in [0.25, 0.3) is 0 Å². The molecule has 0 aliphatic carbocycles. The molecule has 0 aromatic carbocycles. The second-order valence-corrected chi connectivity index (χ2v) is 34.2. The number of aliphatic carboxylic acids is 6. The van der Waals surface area contributed by atoms with E-state index in [0.717, 1.165) is 116 Å². The summed E-state index contributed by atoms with van der Waals surface area (Å²) >= 11 is 0. The van der Waals surface area contributed by atoms with Crippen molar-refractivity contribution >= 4 is 35.8 Å². The third kappa shape index (κ3) is 166. The van der Waals surface area contributed by atoms with Crippen LogP contribution in [0.15, 0.2) is 72.9 Å². The zero-order valence-corrected chi connectivity index (χ0v) is 84.0. The summed E-state index contributed by atoms with van der Waals surface area (Å²) in [4.78, 5) is 61.3. The minimum atomic E-state index is -0.914. The van der Waals surface area contributed by atoms with Crippen LogP contribution in [0.4, 0.5) is 0 Å². The summed E-state index contributed by atoms with van der Waals surface area (Å²) in [6, 6.07) is 0. The van der Waals surface area contributed by atoms with Gasteiger partial charge in [-0.15, -0.1) is 0 Å². The molecule has 0 bridgehead atoms. The molecule has 0 aliphatic heterocycles. The molecule has 0 fully saturated rings. The standard InChI is InChI=1S/6C18H34O2.3Cu/c6*1-2-3-4-5-6-7-8-9-10-11-12-13-14-15-16-17-18(19)20;;;/h6*9-10H,2-8,11-17H2,1H3,(H,19,20);;;/q;;;;;;3*+2/p-6/b6*10-9-;;;. The molecule has 0 spiro atoms. The monoisotopic (exact) mass is 1880 g/mol. The molecule has 0 aromatic rings. The number of hydrogen-bond acceptors (Lipinski definition) is 12. The molecular weight excluding hydrogens is 1680 g/mol. The van der Waals surface area contributed by atoms with Crippen LogP contribution in [0.3, 0.4) is 0 Å². The Morgan fingerprint density at radius 2 is 0.203 bits per heavy atom. The second kappa shape index (κ2) is 134. The SMILES string of the molecule is CCCCCCCC/C=C\CCCCCCCC(=O)[O-].CCCCCCCC/C=C\CCCCCCCC(=O)[O-].CCCCCCCC/C=C\CCCCCCCC(=O)[O-].CCCCCCCC/C=C\CCCCCCCC(=O)[O-].CCCCCCCC/C=C\CCCCCCCC(=O)[O-].CCCCCCCC/C=C\CCCCCCCC(=O)[O-].[Cu+2].[Cu+2].[Cu+2]. The number of hydrogen-bond donors (Lipinski definition) is 0. The maximum Gasteiger partial charge on any atom is 2.00 e. The van der Waals surface area contributed by atoms with Crippen LogP contribution in [0.5, 0.6) is 0 Å². The minimum absolute atomic E-state index is 0. The van der Waals surface area contributed by atoms with E-state index in [0.29, 0.717) is 0 Å². The molecule has 0 N–H and O–H groups in total. The van der Waals surface area contributed by atoms with Gasteiger partial charge in [-0.2, -0.15) is 0 Å². The summed E-state index contributed by atoms with van der Waals surface area (Å²) in [5, 5.41) is 61.3. The fourth-order valence-corrected chi connectivity index (χ4v) is 14.0. The van der Waals surface area contributed by atoms with E-state index < -0.39 is 35.8 Å². The van der Waals surface area contributed by atoms with Crippen molar-refractivity contribution in [3.8, 4) is 0 Å². The summed E-state index contributed by atoms with van der Waals surface area (Å²) in [5.74, 6) is -5.49. The van der Waals surface area contributed by atoms with Gasteiger partial charge in [-0.25, -0.2) is 0 Å². The van der Waals surface area contributed by atoms with Crippen molar-refractivity contribution in [2.24, 2.45) is 0 Å². The zero-order valence-electron chi connectivity index (χ0n) is 81.1. The number of carbonyl (C=O) groups excluding carboxylic acids is 6. The van der Waals surface area contributed by atoms with Gasteiger partial charge in [0.2, 0.25) is 0 Å². The number of rotatable bonds is 90. The van der Waals surface area contributed by atoms with E-state index in [1.807, 2.05) is 0 Å². The van der Waals surface area contributed by atoms with Crippen LogP contribution >= 0.6 is 0 Å². The average molecular weight is 1880 g/mol. The maximum absolute atomic E-state index is 10.2. The molecule has 15 heteroatoms. The Morgan fingerprint density at radius 3 is 0.285 bits per heavy atom. The third-order valence-corrected chi connectivity index (χ3v) is 21.9. The Morgan fingerprint density at radius 1 is 0.130 bits per heavy atom. The molecule has 0 amide bonds. The fourth-order valence-electron chi connectivity index (χ4n) is 14.0. The molecule has 0 saturated heterocycles. The number of carboxylic acids is 6. The Balaban J connectivity index is -0.000000180. The van der Waals surface area contributed by atoms with Crippen LogP contribution in [-0.2, 0) is 80.0 Å². The number of unbranched alkanes of at least 4 members (excludes halogenated alkanes) is 66. The van der Waals surface area contributed by atoms with Crippen LogP contribution in [0.2, 0.25) is 0 Å². The van der Waals surface area contributed by atoms with E-state index in [4.69, 9.17) is 0 Å². The molecule has 12 nitrogen and oxygen atoms in total. The molecule has 0 heterocycles. The molecule has 0 aliphatic rings. The summed E-state index contributed by atoms with van der Waals surface area (Å²) in [5.41, 5.74) is 0. The molecule has 0 saturated carbocycles. The molecule has 0 aromatic heterocycles. The summed E-state index contributed by atoms with van der Waals surface area (Å²) < 4.78 is 0. The first-order chi connectivity index (χ1) is 58.6. The van der Waals surface area contributed by atoms with Crippen LogP contribution in [0.25, 0.3) is 0 Å². The minimum Gasteiger partial charge on any atom is -0.550 e. The van der Waals surface area contributed by atoms with Gasteiger partial charge in [-0.3, -0.25) is 0 Å². The Bertz CT molecular complexity index is 1810. The van der Waals surface area contributed by atoms with E-state index in [-0.39, 0.29) is 89.7 Å². The van der Waals surface area contributed by atoms with Crippen molar-refractivity contribution in [3.05, 3.63) is 72.9 Å². The fraction of sp³-hybridized carbons (Fsp3) is 0.833. The number of carboxylic acid groups (broad SMARTS) is 6. The van der Waals surface area contributed by atoms with E-state index in [1.165, 1.54) is 385 Å². The van der Waals surface area contributed by atoms with Gasteiger partial charge in [0, 0.05) is 35.8 Å². The molecule has 0 unspecified atom stereocenters. The predicted octanol–water partition coefficient (Wildman–Crippen LogP) is 28.6. The van der Waals surface area contributed by atoms with Crippen LogP contribution in [0.1, 0.15) is 581 Å². The number of carbonyl (C=O) groups is 6. The zero-order chi connectivity index (χ0) is 89.3. The van der Waals surface area contributed by atoms with Gasteiger partial charge < -0.3 is 59.4 Å². The normalized spacial score (nSPS) is 11.0. The summed E-state index contributed by atoms with van der Waals surface area (Å²) in [6.45, 7) is 13.5. The van der Waals surface area contributed by atoms with Crippen LogP contribution in [0, 0.1) is 0 Å². The van der Waals surface area contributed by atoms with Crippen LogP contribution in [-0.4, -0.2) is 35.8 Å². The maximum atomic E-state index is 10.2. The van der Waals surface area contributed by atoms with Crippen molar-refractivity contribution < 1.29 is 111 Å². The topological polar surface area (TPSA) is 241 Å². The molecule has 123 heavy (non-hydrogen) atoms. The van der Waals surface area contributed by atoms with Gasteiger partial charge in [-0.05, 0) is 231 Å². The van der Waals surface area contributed by atoms with E-state index in [2.05, 4.69) is 114 Å². The first-order valence-corrected chi connectivity index (χ1v) is 51.7. The van der Waals surface area contributed by atoms with Crippen molar-refractivity contribution in [2.75, 3.05) is 0 Å². The van der Waals surface area contributed by atoms with Crippen molar-refractivity contribution in [3.63, 3.8) is 0 Å². The van der Waals surface area contributed by atoms with E-state index >= 15 is 0 Å². The molecule has 3 radical (unpaired) electrons. The van der Waals surface area contributed by atoms with Crippen molar-refractivity contribution in [2.45, 2.75) is 581 Å². The summed E-state index contributed by atoms with van der Waals surface area (Å²) in [6.07, 6.45) is 125. The average Bonchev–Trinajstić information content (AvgIpc) is 1.20. The molecule has 735 valence electrons. The van der Waals surface area contributed by atoms with Gasteiger partial charge >= 0.3 is 51.2 Å². The van der Waals surface area contributed by atoms with E-state index in [9.17, 15) is 59.4 Å². The predicted molar refractivity (Wildman–Crippen MR) is 507 cm³/mol. The van der Waals surface area contributed by atoms with Crippen LogP contribution < -0.4 is 30.6 Å². The quantitative estimate of drug-likeness (QED) is 0.0314. The molecule has 0 atom stereocenters. The Hall–Kier alpha value is -3.18. The van der Waals surface area contributed by atoms with E-state index in [1.54, 1.807) is 0 Å². The third-order valence-electron chi connectivity index (χ3n) is 21.9. The van der Waals surface area contributed by atoms with Gasteiger partial charge in [-0.1, -0.05) is 423 Å². The van der Waals surface area contributed by atoms with Crippen molar-refractivity contribution in [1.82, 2.24) is 0 Å². The molecular formula is C108H198Cu3O12. The first-order valence-electron chi connectivity index (χ1n) is 51.7. The smallest absolute Gasteiger partial charge is 0.550 e. The van der Waals surface area contributed by atoms with Gasteiger partial charge in [0.15, 0.2) is 0 Å². The first kappa shape index (κ1) is 138. The Labute approximate surface area is 794 Å². The van der Waals surface area contributed by atoms with Crippen molar-refractivity contribution in [1.29, 1.82) is 0 Å². The second-order valence-electron chi connectivity index (χ2n) is 34.2.